The van der Waals surface area contributed by atoms with E-state index in [1.165, 1.54) is 13.0 Å². The van der Waals surface area contributed by atoms with E-state index < -0.39 is 0 Å². The molecule has 4 nitrogen and oxygen atoms in total. The van der Waals surface area contributed by atoms with Gasteiger partial charge in [0.1, 0.15) is 11.3 Å². The van der Waals surface area contributed by atoms with Crippen LogP contribution in [0.1, 0.15) is 33.6 Å². The summed E-state index contributed by atoms with van der Waals surface area (Å²) in [6.07, 6.45) is 4.18. The molecule has 126 valence electrons. The summed E-state index contributed by atoms with van der Waals surface area (Å²) in [5.74, 6) is 0.820. The van der Waals surface area contributed by atoms with Crippen LogP contribution in [-0.2, 0) is 0 Å². The maximum absolute atomic E-state index is 5.41. The Morgan fingerprint density at radius 1 is 1.22 bits per heavy atom. The molecule has 0 fully saturated rings. The molecule has 2 aromatic rings. The number of nitrogens with zero attached hydrogens (tertiary/aromatic N) is 2. The largest absolute Gasteiger partial charge is 0.494 e. The summed E-state index contributed by atoms with van der Waals surface area (Å²) in [6, 6.07) is 8.57. The van der Waals surface area contributed by atoms with Gasteiger partial charge in [-0.25, -0.2) is 0 Å². The number of hydrogen-bond donors (Lipinski definition) is 1. The summed E-state index contributed by atoms with van der Waals surface area (Å²) in [4.78, 5) is 6.93. The van der Waals surface area contributed by atoms with Gasteiger partial charge < -0.3 is 15.0 Å². The van der Waals surface area contributed by atoms with Gasteiger partial charge in [0.2, 0.25) is 0 Å². The molecule has 0 aliphatic rings. The van der Waals surface area contributed by atoms with Crippen molar-refractivity contribution < 1.29 is 4.74 Å². The number of pyridine rings is 1. The number of rotatable bonds is 9. The molecule has 0 unspecified atom stereocenters. The fraction of sp³-hybridized carbons (Fsp3) is 0.526. The third-order valence-corrected chi connectivity index (χ3v) is 4.36. The van der Waals surface area contributed by atoms with Crippen molar-refractivity contribution in [3.8, 4) is 5.75 Å². The predicted octanol–water partition coefficient (Wildman–Crippen LogP) is 4.17. The number of nitrogens with one attached hydrogen (secondary N) is 1. The summed E-state index contributed by atoms with van der Waals surface area (Å²) < 4.78 is 5.41. The minimum atomic E-state index is 0.433. The maximum Gasteiger partial charge on any atom is 0.145 e. The molecule has 1 N–H and O–H groups in total. The molecule has 1 aromatic heterocycles. The van der Waals surface area contributed by atoms with Gasteiger partial charge in [-0.15, -0.1) is 0 Å². The van der Waals surface area contributed by atoms with Gasteiger partial charge in [0.15, 0.2) is 0 Å². The quantitative estimate of drug-likeness (QED) is 0.754. The van der Waals surface area contributed by atoms with E-state index in [9.17, 15) is 0 Å². The Kier molecular flexibility index (Phi) is 6.66. The van der Waals surface area contributed by atoms with Crippen molar-refractivity contribution in [2.45, 2.75) is 39.7 Å². The summed E-state index contributed by atoms with van der Waals surface area (Å²) >= 11 is 0. The normalized spacial score (nSPS) is 12.6. The number of ether oxygens (including phenoxy) is 1. The molecule has 0 aliphatic carbocycles. The third kappa shape index (κ3) is 4.58. The maximum atomic E-state index is 5.41. The van der Waals surface area contributed by atoms with Crippen molar-refractivity contribution in [1.29, 1.82) is 0 Å². The molecule has 0 spiro atoms. The third-order valence-electron chi connectivity index (χ3n) is 4.36. The molecular formula is C19H29N3O. The summed E-state index contributed by atoms with van der Waals surface area (Å²) in [6.45, 7) is 10.1. The van der Waals surface area contributed by atoms with Gasteiger partial charge >= 0.3 is 0 Å². The molecular weight excluding hydrogens is 286 g/mol. The van der Waals surface area contributed by atoms with E-state index in [0.717, 1.165) is 41.9 Å². The van der Waals surface area contributed by atoms with Crippen molar-refractivity contribution in [2.24, 2.45) is 0 Å². The van der Waals surface area contributed by atoms with Crippen LogP contribution in [-0.4, -0.2) is 42.7 Å². The topological polar surface area (TPSA) is 37.4 Å². The number of hydrogen-bond acceptors (Lipinski definition) is 4. The van der Waals surface area contributed by atoms with Crippen LogP contribution < -0.4 is 10.1 Å². The van der Waals surface area contributed by atoms with E-state index in [-0.39, 0.29) is 0 Å². The average molecular weight is 315 g/mol. The molecule has 1 atom stereocenters. The van der Waals surface area contributed by atoms with Gasteiger partial charge in [0, 0.05) is 23.3 Å². The van der Waals surface area contributed by atoms with Gasteiger partial charge in [-0.3, -0.25) is 4.98 Å². The van der Waals surface area contributed by atoms with E-state index in [1.54, 1.807) is 7.11 Å². The molecule has 0 aliphatic heterocycles. The zero-order valence-electron chi connectivity index (χ0n) is 14.8. The van der Waals surface area contributed by atoms with Crippen molar-refractivity contribution in [3.63, 3.8) is 0 Å². The summed E-state index contributed by atoms with van der Waals surface area (Å²) in [7, 11) is 1.69. The van der Waals surface area contributed by atoms with Gasteiger partial charge in [0.25, 0.3) is 0 Å². The first-order chi connectivity index (χ1) is 11.2. The zero-order chi connectivity index (χ0) is 16.7. The molecule has 4 heteroatoms. The lowest BCUT2D eigenvalue weighted by Crippen LogP contribution is -2.25. The summed E-state index contributed by atoms with van der Waals surface area (Å²) in [5, 5.41) is 4.75. The first-order valence-electron chi connectivity index (χ1n) is 8.60. The molecule has 23 heavy (non-hydrogen) atoms. The SMILES string of the molecule is CCN(CC)CCC[C@H](C)Nc1ccc(OC)c2ncccc12. The molecule has 0 bridgehead atoms. The lowest BCUT2D eigenvalue weighted by atomic mass is 10.1. The van der Waals surface area contributed by atoms with Crippen LogP contribution >= 0.6 is 0 Å². The highest BCUT2D eigenvalue weighted by Crippen LogP contribution is 2.30. The van der Waals surface area contributed by atoms with Gasteiger partial charge in [-0.2, -0.15) is 0 Å². The van der Waals surface area contributed by atoms with Crippen molar-refractivity contribution in [2.75, 3.05) is 32.1 Å². The van der Waals surface area contributed by atoms with E-state index >= 15 is 0 Å². The van der Waals surface area contributed by atoms with E-state index in [1.807, 2.05) is 18.3 Å². The highest BCUT2D eigenvalue weighted by Gasteiger charge is 2.10. The van der Waals surface area contributed by atoms with Gasteiger partial charge in [-0.05, 0) is 63.7 Å². The Bertz CT molecular complexity index is 611. The van der Waals surface area contributed by atoms with Crippen LogP contribution in [0.5, 0.6) is 5.75 Å². The number of benzene rings is 1. The highest BCUT2D eigenvalue weighted by atomic mass is 16.5. The zero-order valence-corrected chi connectivity index (χ0v) is 14.8. The second-order valence-electron chi connectivity index (χ2n) is 5.93. The van der Waals surface area contributed by atoms with Crippen LogP contribution in [0.3, 0.4) is 0 Å². The van der Waals surface area contributed by atoms with Gasteiger partial charge in [-0.1, -0.05) is 13.8 Å². The smallest absolute Gasteiger partial charge is 0.145 e. The monoisotopic (exact) mass is 315 g/mol. The fourth-order valence-electron chi connectivity index (χ4n) is 2.94. The van der Waals surface area contributed by atoms with E-state index in [0.29, 0.717) is 6.04 Å². The Morgan fingerprint density at radius 2 is 2.00 bits per heavy atom. The number of aromatic nitrogens is 1. The number of anilines is 1. The van der Waals surface area contributed by atoms with Crippen molar-refractivity contribution >= 4 is 16.6 Å². The second kappa shape index (κ2) is 8.73. The Labute approximate surface area is 139 Å². The van der Waals surface area contributed by atoms with E-state index in [4.69, 9.17) is 4.74 Å². The highest BCUT2D eigenvalue weighted by molar-refractivity contribution is 5.95. The van der Waals surface area contributed by atoms with Crippen LogP contribution in [0.25, 0.3) is 10.9 Å². The van der Waals surface area contributed by atoms with Gasteiger partial charge in [0.05, 0.1) is 7.11 Å². The number of fused-ring (bicyclic) bond motifs is 1. The molecule has 0 saturated carbocycles. The first-order valence-corrected chi connectivity index (χ1v) is 8.60. The molecule has 0 amide bonds. The molecule has 2 rings (SSSR count). The minimum Gasteiger partial charge on any atom is -0.494 e. The summed E-state index contributed by atoms with van der Waals surface area (Å²) in [5.41, 5.74) is 2.04. The molecule has 1 aromatic carbocycles. The second-order valence-corrected chi connectivity index (χ2v) is 5.93. The Hall–Kier alpha value is -1.81. The van der Waals surface area contributed by atoms with E-state index in [2.05, 4.69) is 48.1 Å². The van der Waals surface area contributed by atoms with Crippen LogP contribution in [0.4, 0.5) is 5.69 Å². The van der Waals surface area contributed by atoms with Crippen molar-refractivity contribution in [3.05, 3.63) is 30.5 Å². The minimum absolute atomic E-state index is 0.433. The van der Waals surface area contributed by atoms with Crippen LogP contribution in [0, 0.1) is 0 Å². The molecule has 0 radical (unpaired) electrons. The van der Waals surface area contributed by atoms with Crippen LogP contribution in [0.2, 0.25) is 0 Å². The molecule has 1 heterocycles. The number of methoxy groups -OCH3 is 1. The lowest BCUT2D eigenvalue weighted by molar-refractivity contribution is 0.295. The Morgan fingerprint density at radius 3 is 2.70 bits per heavy atom. The average Bonchev–Trinajstić information content (AvgIpc) is 2.59. The fourth-order valence-corrected chi connectivity index (χ4v) is 2.94. The predicted molar refractivity (Wildman–Crippen MR) is 98.4 cm³/mol. The lowest BCUT2D eigenvalue weighted by Gasteiger charge is -2.21. The first kappa shape index (κ1) is 17.5. The van der Waals surface area contributed by atoms with Crippen molar-refractivity contribution in [1.82, 2.24) is 9.88 Å². The van der Waals surface area contributed by atoms with Crippen LogP contribution in [0.15, 0.2) is 30.5 Å². The standard InChI is InChI=1S/C19H29N3O/c1-5-22(6-2)14-8-9-15(3)21-17-11-12-18(23-4)19-16(17)10-7-13-20-19/h7,10-13,15,21H,5-6,8-9,14H2,1-4H3/t15-/m0/s1. The molecule has 0 saturated heterocycles. The Balaban J connectivity index is 2.01.